The Morgan fingerprint density at radius 3 is 2.44 bits per heavy atom. The maximum Gasteiger partial charge on any atom is 0.249 e. The van der Waals surface area contributed by atoms with Gasteiger partial charge in [-0.25, -0.2) is 0 Å². The largest absolute Gasteiger partial charge is 0.437 e. The summed E-state index contributed by atoms with van der Waals surface area (Å²) in [5.41, 5.74) is 7.31. The van der Waals surface area contributed by atoms with E-state index in [2.05, 4.69) is 9.97 Å². The molecule has 0 atom stereocenters. The van der Waals surface area contributed by atoms with Crippen LogP contribution >= 0.6 is 11.6 Å². The van der Waals surface area contributed by atoms with Crippen molar-refractivity contribution < 1.29 is 9.47 Å². The van der Waals surface area contributed by atoms with E-state index in [0.29, 0.717) is 16.5 Å². The summed E-state index contributed by atoms with van der Waals surface area (Å²) in [7, 11) is 0. The predicted octanol–water partition coefficient (Wildman–Crippen LogP) is 5.76. The predicted molar refractivity (Wildman–Crippen MR) is 107 cm³/mol. The van der Waals surface area contributed by atoms with Crippen LogP contribution in [0.4, 0.5) is 5.69 Å². The number of nitrogens with two attached hydrogens (primary N) is 1. The van der Waals surface area contributed by atoms with Gasteiger partial charge in [-0.15, -0.1) is 0 Å². The maximum atomic E-state index is 6.19. The molecule has 5 nitrogen and oxygen atoms in total. The summed E-state index contributed by atoms with van der Waals surface area (Å²) in [6.07, 6.45) is 1.36. The number of anilines is 1. The van der Waals surface area contributed by atoms with Crippen LogP contribution in [0.2, 0.25) is 5.02 Å². The summed E-state index contributed by atoms with van der Waals surface area (Å²) in [5, 5.41) is 2.70. The van der Waals surface area contributed by atoms with Crippen molar-refractivity contribution in [2.45, 2.75) is 6.92 Å². The summed E-state index contributed by atoms with van der Waals surface area (Å²) in [6, 6.07) is 19.1. The second-order valence-corrected chi connectivity index (χ2v) is 6.40. The van der Waals surface area contributed by atoms with Crippen molar-refractivity contribution in [3.63, 3.8) is 0 Å². The number of rotatable bonds is 4. The SMILES string of the molecule is Cc1cc(Oc2ncnc(Oc3cccc4ccccc34)c2N)ccc1Cl. The summed E-state index contributed by atoms with van der Waals surface area (Å²) in [5.74, 6) is 1.70. The Bertz CT molecular complexity index is 1130. The lowest BCUT2D eigenvalue weighted by atomic mass is 10.1. The highest BCUT2D eigenvalue weighted by Crippen LogP contribution is 2.36. The highest BCUT2D eigenvalue weighted by atomic mass is 35.5. The van der Waals surface area contributed by atoms with Crippen molar-refractivity contribution in [3.8, 4) is 23.3 Å². The maximum absolute atomic E-state index is 6.19. The van der Waals surface area contributed by atoms with Gasteiger partial charge in [0.15, 0.2) is 5.69 Å². The van der Waals surface area contributed by atoms with Crippen LogP contribution in [0.5, 0.6) is 23.3 Å². The van der Waals surface area contributed by atoms with Gasteiger partial charge in [-0.3, -0.25) is 0 Å². The first kappa shape index (κ1) is 17.1. The monoisotopic (exact) mass is 377 g/mol. The van der Waals surface area contributed by atoms with Crippen molar-refractivity contribution >= 4 is 28.1 Å². The molecule has 27 heavy (non-hydrogen) atoms. The van der Waals surface area contributed by atoms with E-state index in [4.69, 9.17) is 26.8 Å². The fraction of sp³-hybridized carbons (Fsp3) is 0.0476. The van der Waals surface area contributed by atoms with Crippen LogP contribution in [0.3, 0.4) is 0 Å². The highest BCUT2D eigenvalue weighted by Gasteiger charge is 2.14. The molecule has 2 N–H and O–H groups in total. The third-order valence-corrected chi connectivity index (χ3v) is 4.54. The van der Waals surface area contributed by atoms with Crippen molar-refractivity contribution in [3.05, 3.63) is 77.6 Å². The molecule has 0 bridgehead atoms. The number of hydrogen-bond donors (Lipinski definition) is 1. The Balaban J connectivity index is 1.66. The quantitative estimate of drug-likeness (QED) is 0.489. The van der Waals surface area contributed by atoms with Crippen LogP contribution in [-0.2, 0) is 0 Å². The van der Waals surface area contributed by atoms with E-state index >= 15 is 0 Å². The van der Waals surface area contributed by atoms with Gasteiger partial charge < -0.3 is 15.2 Å². The van der Waals surface area contributed by atoms with Crippen molar-refractivity contribution in [1.29, 1.82) is 0 Å². The van der Waals surface area contributed by atoms with Gasteiger partial charge in [0.05, 0.1) is 0 Å². The van der Waals surface area contributed by atoms with Gasteiger partial charge in [0.2, 0.25) is 11.8 Å². The van der Waals surface area contributed by atoms with Crippen LogP contribution in [0, 0.1) is 6.92 Å². The lowest BCUT2D eigenvalue weighted by Gasteiger charge is -2.12. The first-order chi connectivity index (χ1) is 13.1. The number of halogens is 1. The lowest BCUT2D eigenvalue weighted by molar-refractivity contribution is 0.440. The molecular formula is C21H16ClN3O2. The van der Waals surface area contributed by atoms with E-state index in [-0.39, 0.29) is 17.4 Å². The molecule has 0 spiro atoms. The number of hydrogen-bond acceptors (Lipinski definition) is 5. The minimum atomic E-state index is 0.220. The number of aromatic nitrogens is 2. The fourth-order valence-corrected chi connectivity index (χ4v) is 2.83. The fourth-order valence-electron chi connectivity index (χ4n) is 2.71. The molecule has 1 aromatic heterocycles. The lowest BCUT2D eigenvalue weighted by Crippen LogP contribution is -2.00. The van der Waals surface area contributed by atoms with E-state index in [1.807, 2.05) is 55.5 Å². The zero-order chi connectivity index (χ0) is 18.8. The second-order valence-electron chi connectivity index (χ2n) is 5.99. The Kier molecular flexibility index (Phi) is 4.52. The Hall–Kier alpha value is -3.31. The number of nitrogen functional groups attached to an aromatic ring is 1. The van der Waals surface area contributed by atoms with Gasteiger partial charge in [0, 0.05) is 10.4 Å². The molecule has 0 amide bonds. The van der Waals surface area contributed by atoms with Crippen LogP contribution < -0.4 is 15.2 Å². The first-order valence-electron chi connectivity index (χ1n) is 8.32. The van der Waals surface area contributed by atoms with E-state index in [1.165, 1.54) is 6.33 Å². The average Bonchev–Trinajstić information content (AvgIpc) is 2.68. The molecule has 0 saturated heterocycles. The number of nitrogens with zero attached hydrogens (tertiary/aromatic N) is 2. The zero-order valence-electron chi connectivity index (χ0n) is 14.5. The molecule has 6 heteroatoms. The zero-order valence-corrected chi connectivity index (χ0v) is 15.3. The van der Waals surface area contributed by atoms with E-state index in [9.17, 15) is 0 Å². The molecule has 0 aliphatic heterocycles. The third kappa shape index (κ3) is 3.50. The Morgan fingerprint density at radius 1 is 0.889 bits per heavy atom. The Labute approximate surface area is 161 Å². The van der Waals surface area contributed by atoms with E-state index < -0.39 is 0 Å². The van der Waals surface area contributed by atoms with Gasteiger partial charge in [-0.05, 0) is 42.1 Å². The summed E-state index contributed by atoms with van der Waals surface area (Å²) in [4.78, 5) is 8.27. The van der Waals surface area contributed by atoms with Gasteiger partial charge in [0.25, 0.3) is 0 Å². The van der Waals surface area contributed by atoms with Gasteiger partial charge in [0.1, 0.15) is 17.8 Å². The molecule has 134 valence electrons. The van der Waals surface area contributed by atoms with Gasteiger partial charge >= 0.3 is 0 Å². The van der Waals surface area contributed by atoms with Crippen LogP contribution in [0.25, 0.3) is 10.8 Å². The standard InChI is InChI=1S/C21H16ClN3O2/c1-13-11-15(9-10-17(13)22)26-20-19(23)21(25-12-24-20)27-18-8-4-6-14-5-2-3-7-16(14)18/h2-12H,23H2,1H3. The van der Waals surface area contributed by atoms with Gasteiger partial charge in [-0.2, -0.15) is 9.97 Å². The summed E-state index contributed by atoms with van der Waals surface area (Å²) < 4.78 is 11.8. The van der Waals surface area contributed by atoms with Crippen molar-refractivity contribution in [2.75, 3.05) is 5.73 Å². The topological polar surface area (TPSA) is 70.3 Å². The minimum Gasteiger partial charge on any atom is -0.437 e. The normalized spacial score (nSPS) is 10.7. The molecule has 4 aromatic rings. The highest BCUT2D eigenvalue weighted by molar-refractivity contribution is 6.31. The van der Waals surface area contributed by atoms with Crippen LogP contribution in [0.15, 0.2) is 67.0 Å². The van der Waals surface area contributed by atoms with Gasteiger partial charge in [-0.1, -0.05) is 48.0 Å². The number of aryl methyl sites for hydroxylation is 1. The number of benzene rings is 3. The summed E-state index contributed by atoms with van der Waals surface area (Å²) >= 11 is 6.05. The molecule has 3 aromatic carbocycles. The number of fused-ring (bicyclic) bond motifs is 1. The van der Waals surface area contributed by atoms with E-state index in [0.717, 1.165) is 16.3 Å². The molecular weight excluding hydrogens is 362 g/mol. The molecule has 0 fully saturated rings. The molecule has 0 saturated carbocycles. The van der Waals surface area contributed by atoms with Crippen molar-refractivity contribution in [2.24, 2.45) is 0 Å². The third-order valence-electron chi connectivity index (χ3n) is 4.11. The minimum absolute atomic E-state index is 0.220. The smallest absolute Gasteiger partial charge is 0.249 e. The molecule has 4 rings (SSSR count). The molecule has 0 aliphatic rings. The molecule has 0 unspecified atom stereocenters. The van der Waals surface area contributed by atoms with Crippen LogP contribution in [-0.4, -0.2) is 9.97 Å². The summed E-state index contributed by atoms with van der Waals surface area (Å²) in [6.45, 7) is 1.90. The Morgan fingerprint density at radius 2 is 1.63 bits per heavy atom. The second kappa shape index (κ2) is 7.13. The number of ether oxygens (including phenoxy) is 2. The average molecular weight is 378 g/mol. The van der Waals surface area contributed by atoms with Crippen molar-refractivity contribution in [1.82, 2.24) is 9.97 Å². The first-order valence-corrected chi connectivity index (χ1v) is 8.70. The van der Waals surface area contributed by atoms with E-state index in [1.54, 1.807) is 12.1 Å². The molecule has 1 heterocycles. The molecule has 0 radical (unpaired) electrons. The van der Waals surface area contributed by atoms with Crippen LogP contribution in [0.1, 0.15) is 5.56 Å². The molecule has 0 aliphatic carbocycles.